The minimum atomic E-state index is 0.290. The van der Waals surface area contributed by atoms with Crippen LogP contribution in [0.15, 0.2) is 42.5 Å². The van der Waals surface area contributed by atoms with Gasteiger partial charge in [-0.25, -0.2) is 0 Å². The first-order valence-corrected chi connectivity index (χ1v) is 7.15. The molecule has 3 rings (SSSR count). The van der Waals surface area contributed by atoms with E-state index in [1.54, 1.807) is 0 Å². The summed E-state index contributed by atoms with van der Waals surface area (Å²) >= 11 is 0. The monoisotopic (exact) mass is 250 g/mol. The summed E-state index contributed by atoms with van der Waals surface area (Å²) in [5.74, 6) is 0.561. The van der Waals surface area contributed by atoms with E-state index in [0.29, 0.717) is 11.3 Å². The molecule has 0 saturated heterocycles. The van der Waals surface area contributed by atoms with Gasteiger partial charge in [0.2, 0.25) is 0 Å². The van der Waals surface area contributed by atoms with Crippen molar-refractivity contribution in [3.63, 3.8) is 0 Å². The summed E-state index contributed by atoms with van der Waals surface area (Å²) < 4.78 is 0. The van der Waals surface area contributed by atoms with Crippen molar-refractivity contribution < 1.29 is 0 Å². The van der Waals surface area contributed by atoms with E-state index >= 15 is 0 Å². The van der Waals surface area contributed by atoms with Crippen molar-refractivity contribution in [2.75, 3.05) is 0 Å². The van der Waals surface area contributed by atoms with Gasteiger partial charge in [-0.3, -0.25) is 0 Å². The molecule has 0 heteroatoms. The molecule has 98 valence electrons. The third kappa shape index (κ3) is 2.10. The largest absolute Gasteiger partial charge is 0.0590 e. The molecule has 2 aromatic rings. The van der Waals surface area contributed by atoms with Crippen LogP contribution in [0.5, 0.6) is 0 Å². The Labute approximate surface area is 116 Å². The first kappa shape index (κ1) is 12.5. The molecule has 0 aromatic heterocycles. The Hall–Kier alpha value is -1.56. The molecule has 0 N–H and O–H groups in total. The second kappa shape index (κ2) is 4.23. The highest BCUT2D eigenvalue weighted by molar-refractivity contribution is 5.48. The molecule has 1 atom stereocenters. The molecule has 1 unspecified atom stereocenters. The molecule has 1 aliphatic rings. The van der Waals surface area contributed by atoms with Crippen LogP contribution < -0.4 is 0 Å². The Bertz CT molecular complexity index is 602. The number of hydrogen-bond acceptors (Lipinski definition) is 0. The first-order chi connectivity index (χ1) is 8.97. The number of fused-ring (bicyclic) bond motifs is 1. The van der Waals surface area contributed by atoms with E-state index in [1.807, 2.05) is 0 Å². The van der Waals surface area contributed by atoms with Gasteiger partial charge in [0.15, 0.2) is 0 Å². The molecular formula is C19H22. The van der Waals surface area contributed by atoms with E-state index in [4.69, 9.17) is 0 Å². The number of benzene rings is 2. The molecule has 19 heavy (non-hydrogen) atoms. The van der Waals surface area contributed by atoms with Gasteiger partial charge in [0.1, 0.15) is 0 Å². The van der Waals surface area contributed by atoms with Crippen LogP contribution in [0.2, 0.25) is 0 Å². The van der Waals surface area contributed by atoms with Crippen molar-refractivity contribution in [3.8, 4) is 0 Å². The van der Waals surface area contributed by atoms with Gasteiger partial charge in [0.25, 0.3) is 0 Å². The van der Waals surface area contributed by atoms with Crippen molar-refractivity contribution in [2.45, 2.75) is 45.4 Å². The summed E-state index contributed by atoms with van der Waals surface area (Å²) in [6.45, 7) is 9.09. The van der Waals surface area contributed by atoms with Gasteiger partial charge in [0, 0.05) is 5.92 Å². The Kier molecular flexibility index (Phi) is 2.78. The summed E-state index contributed by atoms with van der Waals surface area (Å²) in [5, 5.41) is 0. The summed E-state index contributed by atoms with van der Waals surface area (Å²) in [5.41, 5.74) is 7.53. The molecule has 0 spiro atoms. The Morgan fingerprint density at radius 1 is 0.895 bits per heavy atom. The lowest BCUT2D eigenvalue weighted by Gasteiger charge is -2.19. The SMILES string of the molecule is Cc1ccc(C2CC(C)(C)c3ccc(C)cc32)cc1. The average Bonchev–Trinajstić information content (AvgIpc) is 2.62. The molecule has 2 aromatic carbocycles. The van der Waals surface area contributed by atoms with Crippen molar-refractivity contribution in [1.82, 2.24) is 0 Å². The third-order valence-electron chi connectivity index (χ3n) is 4.51. The molecule has 1 aliphatic carbocycles. The normalized spacial score (nSPS) is 20.3. The van der Waals surface area contributed by atoms with Crippen LogP contribution >= 0.6 is 0 Å². The Morgan fingerprint density at radius 2 is 1.53 bits per heavy atom. The molecule has 0 bridgehead atoms. The Morgan fingerprint density at radius 3 is 2.21 bits per heavy atom. The van der Waals surface area contributed by atoms with Gasteiger partial charge in [-0.2, -0.15) is 0 Å². The van der Waals surface area contributed by atoms with Crippen molar-refractivity contribution in [2.24, 2.45) is 0 Å². The lowest BCUT2D eigenvalue weighted by Crippen LogP contribution is -2.12. The molecule has 0 saturated carbocycles. The van der Waals surface area contributed by atoms with E-state index in [2.05, 4.69) is 70.2 Å². The van der Waals surface area contributed by atoms with Gasteiger partial charge in [-0.05, 0) is 42.4 Å². The Balaban J connectivity index is 2.11. The van der Waals surface area contributed by atoms with Crippen LogP contribution in [-0.2, 0) is 5.41 Å². The number of aryl methyl sites for hydroxylation is 2. The molecule has 0 nitrogen and oxygen atoms in total. The zero-order valence-electron chi connectivity index (χ0n) is 12.3. The van der Waals surface area contributed by atoms with Crippen LogP contribution in [0.4, 0.5) is 0 Å². The fraction of sp³-hybridized carbons (Fsp3) is 0.368. The number of rotatable bonds is 1. The van der Waals surface area contributed by atoms with Gasteiger partial charge >= 0.3 is 0 Å². The smallest absolute Gasteiger partial charge is 0.0101 e. The van der Waals surface area contributed by atoms with Crippen molar-refractivity contribution in [3.05, 3.63) is 70.3 Å². The summed E-state index contributed by atoms with van der Waals surface area (Å²) in [7, 11) is 0. The maximum Gasteiger partial charge on any atom is 0.0101 e. The summed E-state index contributed by atoms with van der Waals surface area (Å²) in [6.07, 6.45) is 1.22. The molecule has 0 amide bonds. The van der Waals surface area contributed by atoms with Crippen LogP contribution in [0.3, 0.4) is 0 Å². The maximum absolute atomic E-state index is 2.38. The maximum atomic E-state index is 2.38. The lowest BCUT2D eigenvalue weighted by molar-refractivity contribution is 0.499. The summed E-state index contributed by atoms with van der Waals surface area (Å²) in [4.78, 5) is 0. The molecule has 0 fully saturated rings. The molecule has 0 aliphatic heterocycles. The predicted molar refractivity (Wildman–Crippen MR) is 81.8 cm³/mol. The topological polar surface area (TPSA) is 0 Å². The molecule has 0 heterocycles. The standard InChI is InChI=1S/C19H22/c1-13-5-8-15(9-6-13)17-12-19(3,4)18-10-7-14(2)11-16(17)18/h5-11,17H,12H2,1-4H3. The minimum Gasteiger partial charge on any atom is -0.0590 e. The van der Waals surface area contributed by atoms with Crippen LogP contribution in [-0.4, -0.2) is 0 Å². The van der Waals surface area contributed by atoms with Crippen LogP contribution in [0, 0.1) is 13.8 Å². The van der Waals surface area contributed by atoms with Gasteiger partial charge < -0.3 is 0 Å². The first-order valence-electron chi connectivity index (χ1n) is 7.15. The summed E-state index contributed by atoms with van der Waals surface area (Å²) in [6, 6.07) is 16.0. The highest BCUT2D eigenvalue weighted by Gasteiger charge is 2.37. The minimum absolute atomic E-state index is 0.290. The zero-order chi connectivity index (χ0) is 13.6. The van der Waals surface area contributed by atoms with Gasteiger partial charge in [-0.15, -0.1) is 0 Å². The quantitative estimate of drug-likeness (QED) is 0.659. The van der Waals surface area contributed by atoms with Crippen LogP contribution in [0.1, 0.15) is 54.0 Å². The van der Waals surface area contributed by atoms with Gasteiger partial charge in [0.05, 0.1) is 0 Å². The predicted octanol–water partition coefficient (Wildman–Crippen LogP) is 5.12. The number of hydrogen-bond donors (Lipinski definition) is 0. The molecule has 0 radical (unpaired) electrons. The highest BCUT2D eigenvalue weighted by atomic mass is 14.4. The lowest BCUT2D eigenvalue weighted by atomic mass is 9.85. The molecular weight excluding hydrogens is 228 g/mol. The zero-order valence-corrected chi connectivity index (χ0v) is 12.3. The third-order valence-corrected chi connectivity index (χ3v) is 4.51. The van der Waals surface area contributed by atoms with Gasteiger partial charge in [-0.1, -0.05) is 67.4 Å². The van der Waals surface area contributed by atoms with E-state index in [-0.39, 0.29) is 0 Å². The van der Waals surface area contributed by atoms with E-state index in [0.717, 1.165) is 0 Å². The fourth-order valence-electron chi connectivity index (χ4n) is 3.41. The van der Waals surface area contributed by atoms with E-state index in [9.17, 15) is 0 Å². The second-order valence-corrected chi connectivity index (χ2v) is 6.64. The second-order valence-electron chi connectivity index (χ2n) is 6.64. The van der Waals surface area contributed by atoms with Crippen molar-refractivity contribution >= 4 is 0 Å². The fourth-order valence-corrected chi connectivity index (χ4v) is 3.41. The van der Waals surface area contributed by atoms with Crippen molar-refractivity contribution in [1.29, 1.82) is 0 Å². The average molecular weight is 250 g/mol. The highest BCUT2D eigenvalue weighted by Crippen LogP contribution is 2.48. The van der Waals surface area contributed by atoms with E-state index in [1.165, 1.54) is 34.2 Å². The van der Waals surface area contributed by atoms with E-state index < -0.39 is 0 Å². The van der Waals surface area contributed by atoms with Crippen LogP contribution in [0.25, 0.3) is 0 Å².